The van der Waals surface area contributed by atoms with Crippen molar-refractivity contribution < 1.29 is 14.7 Å². The molecule has 1 heterocycles. The maximum absolute atomic E-state index is 11.8. The first kappa shape index (κ1) is 12.0. The molecule has 0 aromatic heterocycles. The zero-order chi connectivity index (χ0) is 11.4. The van der Waals surface area contributed by atoms with Gasteiger partial charge in [0.05, 0.1) is 0 Å². The molecule has 1 saturated heterocycles. The molecule has 5 nitrogen and oxygen atoms in total. The van der Waals surface area contributed by atoms with Crippen LogP contribution in [-0.2, 0) is 9.59 Å². The lowest BCUT2D eigenvalue weighted by Crippen LogP contribution is -2.57. The van der Waals surface area contributed by atoms with Crippen molar-refractivity contribution in [3.63, 3.8) is 0 Å². The summed E-state index contributed by atoms with van der Waals surface area (Å²) in [6, 6.07) is -0.704. The van der Waals surface area contributed by atoms with E-state index in [0.717, 1.165) is 0 Å². The van der Waals surface area contributed by atoms with Crippen molar-refractivity contribution in [2.45, 2.75) is 26.3 Å². The van der Waals surface area contributed by atoms with Gasteiger partial charge < -0.3 is 15.3 Å². The van der Waals surface area contributed by atoms with Crippen molar-refractivity contribution in [3.8, 4) is 0 Å². The Kier molecular flexibility index (Phi) is 4.08. The largest absolute Gasteiger partial charge is 0.480 e. The van der Waals surface area contributed by atoms with Crippen LogP contribution in [0, 0.1) is 5.92 Å². The van der Waals surface area contributed by atoms with Crippen molar-refractivity contribution in [2.24, 2.45) is 5.92 Å². The van der Waals surface area contributed by atoms with E-state index < -0.39 is 12.0 Å². The fourth-order valence-corrected chi connectivity index (χ4v) is 1.69. The summed E-state index contributed by atoms with van der Waals surface area (Å²) in [5.41, 5.74) is 0. The van der Waals surface area contributed by atoms with Gasteiger partial charge in [-0.3, -0.25) is 4.79 Å². The molecule has 1 unspecified atom stereocenters. The highest BCUT2D eigenvalue weighted by Gasteiger charge is 2.31. The number of carbonyl (C=O) groups excluding carboxylic acids is 1. The summed E-state index contributed by atoms with van der Waals surface area (Å²) in [6.07, 6.45) is 0.420. The van der Waals surface area contributed by atoms with Gasteiger partial charge in [-0.05, 0) is 5.92 Å². The molecule has 1 aliphatic rings. The van der Waals surface area contributed by atoms with E-state index in [4.69, 9.17) is 5.11 Å². The van der Waals surface area contributed by atoms with E-state index >= 15 is 0 Å². The maximum Gasteiger partial charge on any atom is 0.327 e. The molecular weight excluding hydrogens is 196 g/mol. The monoisotopic (exact) mass is 214 g/mol. The predicted molar refractivity (Wildman–Crippen MR) is 55.5 cm³/mol. The Bertz CT molecular complexity index is 253. The Balaban J connectivity index is 2.63. The number of nitrogens with zero attached hydrogens (tertiary/aromatic N) is 1. The quantitative estimate of drug-likeness (QED) is 0.689. The van der Waals surface area contributed by atoms with Crippen molar-refractivity contribution in [2.75, 3.05) is 19.6 Å². The molecular formula is C10H18N2O3. The van der Waals surface area contributed by atoms with Crippen LogP contribution in [0.3, 0.4) is 0 Å². The van der Waals surface area contributed by atoms with Gasteiger partial charge in [-0.1, -0.05) is 13.8 Å². The van der Waals surface area contributed by atoms with Crippen LogP contribution in [0.4, 0.5) is 0 Å². The fourth-order valence-electron chi connectivity index (χ4n) is 1.69. The van der Waals surface area contributed by atoms with E-state index in [-0.39, 0.29) is 11.8 Å². The van der Waals surface area contributed by atoms with Crippen molar-refractivity contribution in [3.05, 3.63) is 0 Å². The zero-order valence-electron chi connectivity index (χ0n) is 9.19. The number of nitrogens with one attached hydrogen (secondary N) is 1. The first-order valence-electron chi connectivity index (χ1n) is 5.25. The van der Waals surface area contributed by atoms with Gasteiger partial charge in [0.25, 0.3) is 0 Å². The van der Waals surface area contributed by atoms with Gasteiger partial charge in [0.15, 0.2) is 0 Å². The number of hydrogen-bond donors (Lipinski definition) is 2. The Hall–Kier alpha value is -1.10. The molecule has 1 rings (SSSR count). The lowest BCUT2D eigenvalue weighted by atomic mass is 10.1. The predicted octanol–water partition coefficient (Wildman–Crippen LogP) is -0.0825. The average molecular weight is 214 g/mol. The SMILES string of the molecule is CC(C)CC(=O)N1CCNCC1C(=O)O. The molecule has 0 aromatic rings. The molecule has 2 N–H and O–H groups in total. The molecule has 86 valence electrons. The molecule has 0 aromatic carbocycles. The van der Waals surface area contributed by atoms with E-state index in [1.165, 1.54) is 4.90 Å². The Morgan fingerprint density at radius 1 is 1.53 bits per heavy atom. The lowest BCUT2D eigenvalue weighted by Gasteiger charge is -2.33. The Morgan fingerprint density at radius 3 is 2.73 bits per heavy atom. The standard InChI is InChI=1S/C10H18N2O3/c1-7(2)5-9(13)12-4-3-11-6-8(12)10(14)15/h7-8,11H,3-6H2,1-2H3,(H,14,15). The van der Waals surface area contributed by atoms with Crippen LogP contribution < -0.4 is 5.32 Å². The minimum atomic E-state index is -0.931. The molecule has 0 bridgehead atoms. The highest BCUT2D eigenvalue weighted by molar-refractivity contribution is 5.84. The van der Waals surface area contributed by atoms with Gasteiger partial charge in [0.1, 0.15) is 6.04 Å². The fraction of sp³-hybridized carbons (Fsp3) is 0.800. The van der Waals surface area contributed by atoms with E-state index in [1.54, 1.807) is 0 Å². The summed E-state index contributed by atoms with van der Waals surface area (Å²) in [4.78, 5) is 24.2. The van der Waals surface area contributed by atoms with Crippen LogP contribution in [0.1, 0.15) is 20.3 Å². The molecule has 5 heteroatoms. The van der Waals surface area contributed by atoms with E-state index in [0.29, 0.717) is 26.1 Å². The summed E-state index contributed by atoms with van der Waals surface area (Å²) in [7, 11) is 0. The number of carbonyl (C=O) groups is 2. The number of carboxylic acids is 1. The Morgan fingerprint density at radius 2 is 2.20 bits per heavy atom. The molecule has 1 atom stereocenters. The van der Waals surface area contributed by atoms with Crippen LogP contribution >= 0.6 is 0 Å². The number of amides is 1. The molecule has 15 heavy (non-hydrogen) atoms. The van der Waals surface area contributed by atoms with Gasteiger partial charge in [0.2, 0.25) is 5.91 Å². The van der Waals surface area contributed by atoms with Crippen LogP contribution in [0.2, 0.25) is 0 Å². The maximum atomic E-state index is 11.8. The molecule has 1 amide bonds. The summed E-state index contributed by atoms with van der Waals surface area (Å²) in [6.45, 7) is 5.42. The Labute approximate surface area is 89.4 Å². The average Bonchev–Trinajstić information content (AvgIpc) is 2.16. The van der Waals surface area contributed by atoms with E-state index in [9.17, 15) is 9.59 Å². The van der Waals surface area contributed by atoms with Crippen molar-refractivity contribution in [1.29, 1.82) is 0 Å². The molecule has 1 aliphatic heterocycles. The third-order valence-corrected chi connectivity index (χ3v) is 2.43. The third-order valence-electron chi connectivity index (χ3n) is 2.43. The van der Waals surface area contributed by atoms with Gasteiger partial charge >= 0.3 is 5.97 Å². The van der Waals surface area contributed by atoms with Crippen molar-refractivity contribution in [1.82, 2.24) is 10.2 Å². The number of carboxylic acid groups (broad SMARTS) is 1. The molecule has 1 fully saturated rings. The van der Waals surface area contributed by atoms with Gasteiger partial charge in [-0.15, -0.1) is 0 Å². The summed E-state index contributed by atoms with van der Waals surface area (Å²) >= 11 is 0. The molecule has 0 radical (unpaired) electrons. The zero-order valence-corrected chi connectivity index (χ0v) is 9.19. The van der Waals surface area contributed by atoms with Crippen LogP contribution in [0.15, 0.2) is 0 Å². The first-order valence-corrected chi connectivity index (χ1v) is 5.25. The minimum Gasteiger partial charge on any atom is -0.480 e. The normalized spacial score (nSPS) is 21.8. The third kappa shape index (κ3) is 3.20. The number of piperazine rings is 1. The topological polar surface area (TPSA) is 69.6 Å². The second-order valence-electron chi connectivity index (χ2n) is 4.24. The van der Waals surface area contributed by atoms with Gasteiger partial charge in [-0.2, -0.15) is 0 Å². The number of hydrogen-bond acceptors (Lipinski definition) is 3. The summed E-state index contributed by atoms with van der Waals surface area (Å²) in [5.74, 6) is -0.722. The second-order valence-corrected chi connectivity index (χ2v) is 4.24. The number of aliphatic carboxylic acids is 1. The molecule has 0 saturated carbocycles. The van der Waals surface area contributed by atoms with Crippen LogP contribution in [0.5, 0.6) is 0 Å². The van der Waals surface area contributed by atoms with Gasteiger partial charge in [-0.25, -0.2) is 4.79 Å². The minimum absolute atomic E-state index is 0.0566. The van der Waals surface area contributed by atoms with E-state index in [2.05, 4.69) is 5.32 Å². The van der Waals surface area contributed by atoms with E-state index in [1.807, 2.05) is 13.8 Å². The van der Waals surface area contributed by atoms with Crippen LogP contribution in [0.25, 0.3) is 0 Å². The van der Waals surface area contributed by atoms with Crippen LogP contribution in [-0.4, -0.2) is 47.6 Å². The number of rotatable bonds is 3. The summed E-state index contributed by atoms with van der Waals surface area (Å²) in [5, 5.41) is 11.9. The van der Waals surface area contributed by atoms with Crippen molar-refractivity contribution >= 4 is 11.9 Å². The second kappa shape index (κ2) is 5.11. The molecule has 0 spiro atoms. The lowest BCUT2D eigenvalue weighted by molar-refractivity contribution is -0.151. The summed E-state index contributed by atoms with van der Waals surface area (Å²) < 4.78 is 0. The smallest absolute Gasteiger partial charge is 0.327 e. The highest BCUT2D eigenvalue weighted by atomic mass is 16.4. The van der Waals surface area contributed by atoms with Gasteiger partial charge in [0, 0.05) is 26.1 Å². The first-order chi connectivity index (χ1) is 7.02. The highest BCUT2D eigenvalue weighted by Crippen LogP contribution is 2.10. The molecule has 0 aliphatic carbocycles.